The van der Waals surface area contributed by atoms with Gasteiger partial charge in [-0.1, -0.05) is 12.5 Å². The van der Waals surface area contributed by atoms with Crippen LogP contribution in [0.15, 0.2) is 12.2 Å². The number of hydrogen-bond donors (Lipinski definition) is 0. The summed E-state index contributed by atoms with van der Waals surface area (Å²) < 4.78 is 4.71. The Balaban J connectivity index is 2.27. The van der Waals surface area contributed by atoms with Gasteiger partial charge in [-0.3, -0.25) is 0 Å². The highest BCUT2D eigenvalue weighted by molar-refractivity contribution is 14.1. The van der Waals surface area contributed by atoms with Gasteiger partial charge in [-0.05, 0) is 55.2 Å². The minimum Gasteiger partial charge on any atom is -0.446 e. The molecule has 0 aromatic heterocycles. The standard InChI is InChI=1S/C10H15IO2/c1-10(2,11)13-9(12)7-6-8-4-3-5-8/h6-8H,3-5H2,1-2H3/b7-6+. The van der Waals surface area contributed by atoms with Crippen LogP contribution in [0.25, 0.3) is 0 Å². The molecule has 0 heterocycles. The molecular weight excluding hydrogens is 279 g/mol. The molecule has 0 spiro atoms. The van der Waals surface area contributed by atoms with Crippen molar-refractivity contribution in [1.29, 1.82) is 0 Å². The summed E-state index contributed by atoms with van der Waals surface area (Å²) in [6.45, 7) is 3.73. The van der Waals surface area contributed by atoms with E-state index < -0.39 is 3.61 Å². The molecule has 0 radical (unpaired) electrons. The van der Waals surface area contributed by atoms with Gasteiger partial charge in [-0.15, -0.1) is 0 Å². The summed E-state index contributed by atoms with van der Waals surface area (Å²) in [5.74, 6) is 0.385. The number of rotatable bonds is 3. The van der Waals surface area contributed by atoms with Crippen LogP contribution in [-0.4, -0.2) is 9.58 Å². The van der Waals surface area contributed by atoms with Gasteiger partial charge in [0.1, 0.15) is 0 Å². The number of esters is 1. The lowest BCUT2D eigenvalue weighted by atomic mass is 9.85. The number of carbonyl (C=O) groups is 1. The molecule has 1 fully saturated rings. The number of alkyl halides is 1. The Morgan fingerprint density at radius 1 is 1.54 bits per heavy atom. The molecule has 13 heavy (non-hydrogen) atoms. The van der Waals surface area contributed by atoms with Gasteiger partial charge in [-0.25, -0.2) is 4.79 Å². The predicted molar refractivity (Wildman–Crippen MR) is 60.7 cm³/mol. The summed E-state index contributed by atoms with van der Waals surface area (Å²) in [7, 11) is 0. The van der Waals surface area contributed by atoms with Gasteiger partial charge < -0.3 is 4.74 Å². The van der Waals surface area contributed by atoms with Gasteiger partial charge in [0.05, 0.1) is 0 Å². The first-order valence-corrected chi connectivity index (χ1v) is 5.65. The zero-order chi connectivity index (χ0) is 9.90. The van der Waals surface area contributed by atoms with Crippen molar-refractivity contribution < 1.29 is 9.53 Å². The van der Waals surface area contributed by atoms with E-state index in [1.54, 1.807) is 6.08 Å². The number of carbonyl (C=O) groups excluding carboxylic acids is 1. The molecule has 0 saturated heterocycles. The van der Waals surface area contributed by atoms with E-state index in [2.05, 4.69) is 22.6 Å². The SMILES string of the molecule is CC(C)(I)OC(=O)/C=C/C1CCC1. The Morgan fingerprint density at radius 2 is 2.15 bits per heavy atom. The predicted octanol–water partition coefficient (Wildman–Crippen LogP) is 3.06. The van der Waals surface area contributed by atoms with Gasteiger partial charge in [0.25, 0.3) is 0 Å². The maximum Gasteiger partial charge on any atom is 0.331 e. The van der Waals surface area contributed by atoms with Crippen molar-refractivity contribution in [2.24, 2.45) is 5.92 Å². The number of hydrogen-bond acceptors (Lipinski definition) is 2. The number of halogens is 1. The highest BCUT2D eigenvalue weighted by Gasteiger charge is 2.18. The molecule has 0 aliphatic heterocycles. The van der Waals surface area contributed by atoms with Gasteiger partial charge in [-0.2, -0.15) is 0 Å². The van der Waals surface area contributed by atoms with Crippen molar-refractivity contribution in [1.82, 2.24) is 0 Å². The second kappa shape index (κ2) is 4.44. The number of ether oxygens (including phenoxy) is 1. The zero-order valence-electron chi connectivity index (χ0n) is 8.05. The average Bonchev–Trinajstić information content (AvgIpc) is 1.78. The number of allylic oxidation sites excluding steroid dienone is 1. The third kappa shape index (κ3) is 4.64. The van der Waals surface area contributed by atoms with Crippen molar-refractivity contribution in [3.63, 3.8) is 0 Å². The summed E-state index contributed by atoms with van der Waals surface area (Å²) in [4.78, 5) is 11.2. The van der Waals surface area contributed by atoms with Crippen LogP contribution >= 0.6 is 22.6 Å². The molecule has 1 aliphatic rings. The average molecular weight is 294 g/mol. The first-order valence-electron chi connectivity index (χ1n) is 4.57. The second-order valence-corrected chi connectivity index (χ2v) is 6.43. The molecule has 0 atom stereocenters. The van der Waals surface area contributed by atoms with E-state index in [1.807, 2.05) is 19.9 Å². The van der Waals surface area contributed by atoms with Crippen LogP contribution in [0.1, 0.15) is 33.1 Å². The Kier molecular flexibility index (Phi) is 3.76. The van der Waals surface area contributed by atoms with E-state index >= 15 is 0 Å². The van der Waals surface area contributed by atoms with Crippen LogP contribution in [0.2, 0.25) is 0 Å². The lowest BCUT2D eigenvalue weighted by molar-refractivity contribution is -0.142. The van der Waals surface area contributed by atoms with Gasteiger partial charge in [0, 0.05) is 6.08 Å². The van der Waals surface area contributed by atoms with Crippen LogP contribution in [0, 0.1) is 5.92 Å². The molecule has 3 heteroatoms. The zero-order valence-corrected chi connectivity index (χ0v) is 10.2. The van der Waals surface area contributed by atoms with Crippen molar-refractivity contribution in [2.45, 2.75) is 36.7 Å². The van der Waals surface area contributed by atoms with E-state index in [9.17, 15) is 4.79 Å². The molecule has 1 aliphatic carbocycles. The molecule has 1 saturated carbocycles. The highest BCUT2D eigenvalue weighted by Crippen LogP contribution is 2.27. The first-order chi connectivity index (χ1) is 5.97. The van der Waals surface area contributed by atoms with E-state index in [4.69, 9.17) is 4.74 Å². The highest BCUT2D eigenvalue weighted by atomic mass is 127. The maximum atomic E-state index is 11.2. The molecule has 0 aromatic carbocycles. The summed E-state index contributed by atoms with van der Waals surface area (Å²) in [6.07, 6.45) is 7.26. The lowest BCUT2D eigenvalue weighted by Crippen LogP contribution is -2.19. The Bertz CT molecular complexity index is 211. The fraction of sp³-hybridized carbons (Fsp3) is 0.700. The summed E-state index contributed by atoms with van der Waals surface area (Å²) >= 11 is 2.10. The van der Waals surface area contributed by atoms with Crippen molar-refractivity contribution >= 4 is 28.6 Å². The summed E-state index contributed by atoms with van der Waals surface area (Å²) in [5.41, 5.74) is 0. The fourth-order valence-electron chi connectivity index (χ4n) is 1.12. The molecule has 0 N–H and O–H groups in total. The van der Waals surface area contributed by atoms with E-state index in [0.29, 0.717) is 5.92 Å². The minimum atomic E-state index is -0.404. The smallest absolute Gasteiger partial charge is 0.331 e. The minimum absolute atomic E-state index is 0.230. The second-order valence-electron chi connectivity index (χ2n) is 3.83. The molecule has 0 unspecified atom stereocenters. The van der Waals surface area contributed by atoms with Gasteiger partial charge in [0.15, 0.2) is 3.61 Å². The Hall–Kier alpha value is -0.0600. The van der Waals surface area contributed by atoms with Crippen LogP contribution in [0.4, 0.5) is 0 Å². The van der Waals surface area contributed by atoms with Crippen LogP contribution in [-0.2, 0) is 9.53 Å². The molecule has 74 valence electrons. The van der Waals surface area contributed by atoms with Crippen molar-refractivity contribution in [3.05, 3.63) is 12.2 Å². The topological polar surface area (TPSA) is 26.3 Å². The summed E-state index contributed by atoms with van der Waals surface area (Å²) in [6, 6.07) is 0. The molecule has 0 aromatic rings. The quantitative estimate of drug-likeness (QED) is 0.346. The van der Waals surface area contributed by atoms with Gasteiger partial charge >= 0.3 is 5.97 Å². The molecule has 1 rings (SSSR count). The third-order valence-corrected chi connectivity index (χ3v) is 2.22. The van der Waals surface area contributed by atoms with Gasteiger partial charge in [0.2, 0.25) is 0 Å². The third-order valence-electron chi connectivity index (χ3n) is 2.00. The van der Waals surface area contributed by atoms with Crippen LogP contribution in [0.5, 0.6) is 0 Å². The van der Waals surface area contributed by atoms with Crippen LogP contribution in [0.3, 0.4) is 0 Å². The normalized spacial score (nSPS) is 18.7. The van der Waals surface area contributed by atoms with Crippen molar-refractivity contribution in [2.75, 3.05) is 0 Å². The monoisotopic (exact) mass is 294 g/mol. The molecule has 0 bridgehead atoms. The fourth-order valence-corrected chi connectivity index (χ4v) is 1.34. The maximum absolute atomic E-state index is 11.2. The largest absolute Gasteiger partial charge is 0.446 e. The lowest BCUT2D eigenvalue weighted by Gasteiger charge is -2.21. The van der Waals surface area contributed by atoms with E-state index in [-0.39, 0.29) is 5.97 Å². The van der Waals surface area contributed by atoms with E-state index in [1.165, 1.54) is 19.3 Å². The molecule has 0 amide bonds. The van der Waals surface area contributed by atoms with Crippen LogP contribution < -0.4 is 0 Å². The Morgan fingerprint density at radius 3 is 2.54 bits per heavy atom. The van der Waals surface area contributed by atoms with E-state index in [0.717, 1.165) is 0 Å². The van der Waals surface area contributed by atoms with Crippen molar-refractivity contribution in [3.8, 4) is 0 Å². The first kappa shape index (κ1) is 11.0. The Labute approximate surface area is 92.9 Å². The molecular formula is C10H15IO2. The molecule has 2 nitrogen and oxygen atoms in total. The summed E-state index contributed by atoms with van der Waals surface area (Å²) in [5, 5.41) is 0.